The predicted molar refractivity (Wildman–Crippen MR) is 62.9 cm³/mol. The van der Waals surface area contributed by atoms with Crippen molar-refractivity contribution >= 4 is 17.6 Å². The van der Waals surface area contributed by atoms with Crippen LogP contribution in [0.5, 0.6) is 0 Å². The third-order valence-electron chi connectivity index (χ3n) is 1.83. The van der Waals surface area contributed by atoms with E-state index in [0.717, 1.165) is 12.1 Å². The molecule has 0 aromatic heterocycles. The second kappa shape index (κ2) is 4.99. The summed E-state index contributed by atoms with van der Waals surface area (Å²) in [5, 5.41) is 0. The van der Waals surface area contributed by atoms with E-state index in [0.29, 0.717) is 0 Å². The summed E-state index contributed by atoms with van der Waals surface area (Å²) in [5.41, 5.74) is 17.8. The van der Waals surface area contributed by atoms with E-state index in [2.05, 4.69) is 16.9 Å². The highest BCUT2D eigenvalue weighted by atomic mass is 15.1. The smallest absolute Gasteiger partial charge is 0.223 e. The SMILES string of the molecule is CCc1ccc(N=C(N)N=C(N)N)cc1. The Labute approximate surface area is 88.7 Å². The van der Waals surface area contributed by atoms with Crippen LogP contribution in [0.1, 0.15) is 12.5 Å². The van der Waals surface area contributed by atoms with Gasteiger partial charge in [-0.1, -0.05) is 19.1 Å². The van der Waals surface area contributed by atoms with E-state index in [1.165, 1.54) is 5.56 Å². The van der Waals surface area contributed by atoms with Crippen LogP contribution in [0.15, 0.2) is 34.3 Å². The van der Waals surface area contributed by atoms with Gasteiger partial charge in [-0.15, -0.1) is 0 Å². The molecule has 1 aromatic rings. The topological polar surface area (TPSA) is 103 Å². The van der Waals surface area contributed by atoms with Gasteiger partial charge in [0, 0.05) is 0 Å². The molecule has 0 aliphatic carbocycles. The molecule has 80 valence electrons. The number of rotatable bonds is 2. The lowest BCUT2D eigenvalue weighted by molar-refractivity contribution is 1.14. The Morgan fingerprint density at radius 2 is 1.73 bits per heavy atom. The molecule has 0 heterocycles. The van der Waals surface area contributed by atoms with Gasteiger partial charge in [0.05, 0.1) is 5.69 Å². The fraction of sp³-hybridized carbons (Fsp3) is 0.200. The van der Waals surface area contributed by atoms with Crippen LogP contribution in [0.25, 0.3) is 0 Å². The molecule has 0 unspecified atom stereocenters. The molecule has 0 aliphatic rings. The second-order valence-corrected chi connectivity index (χ2v) is 3.03. The molecule has 0 aliphatic heterocycles. The van der Waals surface area contributed by atoms with Crippen LogP contribution in [0, 0.1) is 0 Å². The van der Waals surface area contributed by atoms with Crippen molar-refractivity contribution in [3.05, 3.63) is 29.8 Å². The van der Waals surface area contributed by atoms with Crippen LogP contribution in [0.2, 0.25) is 0 Å². The molecule has 5 nitrogen and oxygen atoms in total. The molecule has 15 heavy (non-hydrogen) atoms. The number of benzene rings is 1. The normalized spacial score (nSPS) is 11.1. The largest absolute Gasteiger partial charge is 0.370 e. The lowest BCUT2D eigenvalue weighted by atomic mass is 10.2. The van der Waals surface area contributed by atoms with Gasteiger partial charge in [-0.25, -0.2) is 4.99 Å². The molecule has 0 radical (unpaired) electrons. The predicted octanol–water partition coefficient (Wildman–Crippen LogP) is 0.469. The molecule has 0 fully saturated rings. The second-order valence-electron chi connectivity index (χ2n) is 3.03. The minimum Gasteiger partial charge on any atom is -0.370 e. The first-order valence-electron chi connectivity index (χ1n) is 4.64. The molecule has 6 N–H and O–H groups in total. The van der Waals surface area contributed by atoms with Gasteiger partial charge in [0.15, 0.2) is 5.96 Å². The van der Waals surface area contributed by atoms with Gasteiger partial charge in [0.2, 0.25) is 5.96 Å². The summed E-state index contributed by atoms with van der Waals surface area (Å²) >= 11 is 0. The number of aryl methyl sites for hydroxylation is 1. The average Bonchev–Trinajstić information content (AvgIpc) is 2.17. The fourth-order valence-corrected chi connectivity index (χ4v) is 1.10. The molecule has 1 rings (SSSR count). The van der Waals surface area contributed by atoms with Gasteiger partial charge >= 0.3 is 0 Å². The third kappa shape index (κ3) is 3.68. The number of aliphatic imine (C=N–C) groups is 2. The highest BCUT2D eigenvalue weighted by Crippen LogP contribution is 2.13. The molecule has 0 amide bonds. The molecular formula is C10H15N5. The Hall–Kier alpha value is -2.04. The lowest BCUT2D eigenvalue weighted by Crippen LogP contribution is -2.26. The van der Waals surface area contributed by atoms with E-state index in [-0.39, 0.29) is 11.9 Å². The van der Waals surface area contributed by atoms with Crippen molar-refractivity contribution in [3.8, 4) is 0 Å². The summed E-state index contributed by atoms with van der Waals surface area (Å²) in [4.78, 5) is 7.64. The first-order chi connectivity index (χ1) is 7.11. The maximum absolute atomic E-state index is 5.48. The van der Waals surface area contributed by atoms with Crippen molar-refractivity contribution in [3.63, 3.8) is 0 Å². The van der Waals surface area contributed by atoms with Crippen molar-refractivity contribution in [2.24, 2.45) is 27.2 Å². The Morgan fingerprint density at radius 3 is 2.20 bits per heavy atom. The average molecular weight is 205 g/mol. The van der Waals surface area contributed by atoms with E-state index in [1.54, 1.807) is 0 Å². The zero-order chi connectivity index (χ0) is 11.3. The fourth-order valence-electron chi connectivity index (χ4n) is 1.10. The van der Waals surface area contributed by atoms with Crippen LogP contribution >= 0.6 is 0 Å². The number of nitrogens with zero attached hydrogens (tertiary/aromatic N) is 2. The van der Waals surface area contributed by atoms with Crippen molar-refractivity contribution in [2.75, 3.05) is 0 Å². The van der Waals surface area contributed by atoms with E-state index >= 15 is 0 Å². The van der Waals surface area contributed by atoms with Gasteiger partial charge in [0.25, 0.3) is 0 Å². The Morgan fingerprint density at radius 1 is 1.13 bits per heavy atom. The van der Waals surface area contributed by atoms with Crippen LogP contribution in [-0.4, -0.2) is 11.9 Å². The molecule has 1 aromatic carbocycles. The Bertz CT molecular complexity index is 373. The lowest BCUT2D eigenvalue weighted by Gasteiger charge is -1.98. The monoisotopic (exact) mass is 205 g/mol. The minimum absolute atomic E-state index is 0.0549. The Balaban J connectivity index is 2.84. The zero-order valence-corrected chi connectivity index (χ0v) is 8.64. The van der Waals surface area contributed by atoms with Gasteiger partial charge in [-0.3, -0.25) is 0 Å². The van der Waals surface area contributed by atoms with Gasteiger partial charge in [0.1, 0.15) is 0 Å². The molecule has 0 saturated heterocycles. The molecular weight excluding hydrogens is 190 g/mol. The van der Waals surface area contributed by atoms with Crippen LogP contribution in [0.3, 0.4) is 0 Å². The number of hydrogen-bond donors (Lipinski definition) is 3. The highest BCUT2D eigenvalue weighted by Gasteiger charge is 1.93. The van der Waals surface area contributed by atoms with Gasteiger partial charge < -0.3 is 17.2 Å². The van der Waals surface area contributed by atoms with E-state index < -0.39 is 0 Å². The molecule has 0 saturated carbocycles. The molecule has 0 spiro atoms. The summed E-state index contributed by atoms with van der Waals surface area (Å²) in [7, 11) is 0. The summed E-state index contributed by atoms with van der Waals surface area (Å²) in [6.07, 6.45) is 0.993. The van der Waals surface area contributed by atoms with E-state index in [1.807, 2.05) is 24.3 Å². The first-order valence-corrected chi connectivity index (χ1v) is 4.64. The molecule has 0 atom stereocenters. The van der Waals surface area contributed by atoms with Crippen molar-refractivity contribution in [1.82, 2.24) is 0 Å². The zero-order valence-electron chi connectivity index (χ0n) is 8.64. The van der Waals surface area contributed by atoms with Crippen LogP contribution in [-0.2, 0) is 6.42 Å². The van der Waals surface area contributed by atoms with Gasteiger partial charge in [-0.2, -0.15) is 4.99 Å². The van der Waals surface area contributed by atoms with Crippen molar-refractivity contribution < 1.29 is 0 Å². The molecule has 5 heteroatoms. The standard InChI is InChI=1S/C10H15N5/c1-2-7-3-5-8(6-4-7)14-10(13)15-9(11)12/h3-6H,2H2,1H3,(H6,11,12,13,14,15). The minimum atomic E-state index is -0.0959. The summed E-state index contributed by atoms with van der Waals surface area (Å²) in [6, 6.07) is 7.71. The first kappa shape index (κ1) is 11.0. The van der Waals surface area contributed by atoms with Crippen molar-refractivity contribution in [2.45, 2.75) is 13.3 Å². The summed E-state index contributed by atoms with van der Waals surface area (Å²) in [6.45, 7) is 2.09. The van der Waals surface area contributed by atoms with Crippen LogP contribution in [0.4, 0.5) is 5.69 Å². The quantitative estimate of drug-likeness (QED) is 0.483. The number of hydrogen-bond acceptors (Lipinski definition) is 1. The van der Waals surface area contributed by atoms with E-state index in [4.69, 9.17) is 17.2 Å². The maximum atomic E-state index is 5.48. The van der Waals surface area contributed by atoms with E-state index in [9.17, 15) is 0 Å². The number of guanidine groups is 2. The Kier molecular flexibility index (Phi) is 3.68. The van der Waals surface area contributed by atoms with Gasteiger partial charge in [-0.05, 0) is 24.1 Å². The molecule has 0 bridgehead atoms. The summed E-state index contributed by atoms with van der Waals surface area (Å²) < 4.78 is 0. The highest BCUT2D eigenvalue weighted by molar-refractivity contribution is 5.93. The number of nitrogens with two attached hydrogens (primary N) is 3. The third-order valence-corrected chi connectivity index (χ3v) is 1.83. The summed E-state index contributed by atoms with van der Waals surface area (Å²) in [5.74, 6) is -0.0410. The van der Waals surface area contributed by atoms with Crippen LogP contribution < -0.4 is 17.2 Å². The van der Waals surface area contributed by atoms with Crippen molar-refractivity contribution in [1.29, 1.82) is 0 Å². The maximum Gasteiger partial charge on any atom is 0.223 e.